The Morgan fingerprint density at radius 3 is 2.83 bits per heavy atom. The predicted molar refractivity (Wildman–Crippen MR) is 70.6 cm³/mol. The Morgan fingerprint density at radius 2 is 2.22 bits per heavy atom. The third kappa shape index (κ3) is 2.33. The van der Waals surface area contributed by atoms with Crippen LogP contribution in [0.1, 0.15) is 17.9 Å². The summed E-state index contributed by atoms with van der Waals surface area (Å²) < 4.78 is 0. The molecule has 1 amide bonds. The number of carbonyl (C=O) groups is 2. The average molecular weight is 286 g/mol. The van der Waals surface area contributed by atoms with E-state index in [0.29, 0.717) is 5.02 Å². The second-order valence-electron chi connectivity index (χ2n) is 4.00. The number of carbonyl (C=O) groups excluding carboxylic acids is 1. The zero-order chi connectivity index (χ0) is 13.3. The van der Waals surface area contributed by atoms with Crippen LogP contribution in [0.5, 0.6) is 0 Å². The monoisotopic (exact) mass is 285 g/mol. The Kier molecular flexibility index (Phi) is 3.82. The van der Waals surface area contributed by atoms with Crippen molar-refractivity contribution in [2.75, 3.05) is 5.75 Å². The number of hydrogen-bond donors (Lipinski definition) is 1. The van der Waals surface area contributed by atoms with Gasteiger partial charge in [0.2, 0.25) is 5.91 Å². The van der Waals surface area contributed by atoms with E-state index in [0.717, 1.165) is 5.56 Å². The smallest absolute Gasteiger partial charge is 0.326 e. The van der Waals surface area contributed by atoms with Crippen LogP contribution in [0, 0.1) is 0 Å². The molecule has 1 heterocycles. The molecule has 1 aromatic carbocycles. The van der Waals surface area contributed by atoms with Crippen molar-refractivity contribution in [1.82, 2.24) is 4.90 Å². The molecule has 2 rings (SSSR count). The third-order valence-electron chi connectivity index (χ3n) is 2.85. The van der Waals surface area contributed by atoms with Crippen LogP contribution in [0.3, 0.4) is 0 Å². The SMILES string of the molecule is C[C@H](C(=O)O)N1C(=O)CS[C@@H]1c1ccccc1Cl. The van der Waals surface area contributed by atoms with Crippen LogP contribution in [-0.4, -0.2) is 33.7 Å². The lowest BCUT2D eigenvalue weighted by molar-refractivity contribution is -0.148. The molecule has 0 saturated carbocycles. The van der Waals surface area contributed by atoms with Crippen molar-refractivity contribution < 1.29 is 14.7 Å². The van der Waals surface area contributed by atoms with E-state index in [4.69, 9.17) is 16.7 Å². The number of aliphatic carboxylic acids is 1. The Labute approximate surface area is 114 Å². The molecule has 6 heteroatoms. The number of hydrogen-bond acceptors (Lipinski definition) is 3. The summed E-state index contributed by atoms with van der Waals surface area (Å²) in [6.45, 7) is 1.51. The van der Waals surface area contributed by atoms with Gasteiger partial charge in [0.05, 0.1) is 5.75 Å². The van der Waals surface area contributed by atoms with Crippen LogP contribution in [0.4, 0.5) is 0 Å². The molecule has 96 valence electrons. The molecule has 1 aliphatic rings. The fourth-order valence-electron chi connectivity index (χ4n) is 1.89. The number of carboxylic acids is 1. The standard InChI is InChI=1S/C12H12ClNO3S/c1-7(12(16)17)14-10(15)6-18-11(14)8-4-2-3-5-9(8)13/h2-5,7,11H,6H2,1H3,(H,16,17)/t7-,11-/m1/s1. The molecule has 4 nitrogen and oxygen atoms in total. The van der Waals surface area contributed by atoms with Crippen LogP contribution in [-0.2, 0) is 9.59 Å². The highest BCUT2D eigenvalue weighted by molar-refractivity contribution is 8.00. The predicted octanol–water partition coefficient (Wildman–Crippen LogP) is 2.39. The summed E-state index contributed by atoms with van der Waals surface area (Å²) in [5, 5.41) is 9.28. The number of nitrogens with zero attached hydrogens (tertiary/aromatic N) is 1. The maximum atomic E-state index is 11.8. The quantitative estimate of drug-likeness (QED) is 0.926. The molecule has 0 aliphatic carbocycles. The Morgan fingerprint density at radius 1 is 1.56 bits per heavy atom. The minimum absolute atomic E-state index is 0.167. The Bertz CT molecular complexity index is 494. The highest BCUT2D eigenvalue weighted by atomic mass is 35.5. The van der Waals surface area contributed by atoms with E-state index in [1.54, 1.807) is 12.1 Å². The zero-order valence-electron chi connectivity index (χ0n) is 9.67. The third-order valence-corrected chi connectivity index (χ3v) is 4.41. The van der Waals surface area contributed by atoms with Crippen LogP contribution >= 0.6 is 23.4 Å². The summed E-state index contributed by atoms with van der Waals surface area (Å²) in [4.78, 5) is 24.3. The van der Waals surface area contributed by atoms with Gasteiger partial charge in [-0.15, -0.1) is 11.8 Å². The average Bonchev–Trinajstić information content (AvgIpc) is 2.70. The van der Waals surface area contributed by atoms with Gasteiger partial charge in [-0.2, -0.15) is 0 Å². The summed E-state index contributed by atoms with van der Waals surface area (Å²) >= 11 is 7.50. The van der Waals surface area contributed by atoms with E-state index in [2.05, 4.69) is 0 Å². The van der Waals surface area contributed by atoms with E-state index < -0.39 is 12.0 Å². The summed E-state index contributed by atoms with van der Waals surface area (Å²) in [5.41, 5.74) is 0.781. The normalized spacial score (nSPS) is 21.1. The zero-order valence-corrected chi connectivity index (χ0v) is 11.2. The summed E-state index contributed by atoms with van der Waals surface area (Å²) in [7, 11) is 0. The first kappa shape index (κ1) is 13.2. The molecule has 0 spiro atoms. The van der Waals surface area contributed by atoms with E-state index in [1.165, 1.54) is 23.6 Å². The first-order chi connectivity index (χ1) is 8.52. The van der Waals surface area contributed by atoms with Gasteiger partial charge in [0.1, 0.15) is 11.4 Å². The van der Waals surface area contributed by atoms with E-state index in [1.807, 2.05) is 12.1 Å². The second kappa shape index (κ2) is 5.20. The molecule has 1 saturated heterocycles. The lowest BCUT2D eigenvalue weighted by Gasteiger charge is -2.28. The molecule has 2 atom stereocenters. The highest BCUT2D eigenvalue weighted by Gasteiger charge is 2.39. The van der Waals surface area contributed by atoms with Crippen LogP contribution in [0.25, 0.3) is 0 Å². The Balaban J connectivity index is 2.35. The first-order valence-electron chi connectivity index (χ1n) is 5.42. The minimum Gasteiger partial charge on any atom is -0.480 e. The second-order valence-corrected chi connectivity index (χ2v) is 5.48. The highest BCUT2D eigenvalue weighted by Crippen LogP contribution is 2.42. The van der Waals surface area contributed by atoms with Crippen molar-refractivity contribution in [3.8, 4) is 0 Å². The molecule has 1 N–H and O–H groups in total. The van der Waals surface area contributed by atoms with Gasteiger partial charge in [0.15, 0.2) is 0 Å². The van der Waals surface area contributed by atoms with Gasteiger partial charge in [-0.05, 0) is 13.0 Å². The van der Waals surface area contributed by atoms with Gasteiger partial charge in [0.25, 0.3) is 0 Å². The topological polar surface area (TPSA) is 57.6 Å². The van der Waals surface area contributed by atoms with E-state index >= 15 is 0 Å². The number of carboxylic acid groups (broad SMARTS) is 1. The van der Waals surface area contributed by atoms with Crippen LogP contribution in [0.2, 0.25) is 5.02 Å². The van der Waals surface area contributed by atoms with E-state index in [-0.39, 0.29) is 17.0 Å². The van der Waals surface area contributed by atoms with Crippen LogP contribution < -0.4 is 0 Å². The van der Waals surface area contributed by atoms with Crippen LogP contribution in [0.15, 0.2) is 24.3 Å². The van der Waals surface area contributed by atoms with Crippen molar-refractivity contribution in [3.63, 3.8) is 0 Å². The van der Waals surface area contributed by atoms with E-state index in [9.17, 15) is 9.59 Å². The fraction of sp³-hybridized carbons (Fsp3) is 0.333. The number of rotatable bonds is 3. The molecule has 0 unspecified atom stereocenters. The summed E-state index contributed by atoms with van der Waals surface area (Å²) in [6.07, 6.45) is 0. The number of benzene rings is 1. The Hall–Kier alpha value is -1.20. The minimum atomic E-state index is -1.01. The van der Waals surface area contributed by atoms with Crippen molar-refractivity contribution in [1.29, 1.82) is 0 Å². The number of halogens is 1. The maximum Gasteiger partial charge on any atom is 0.326 e. The van der Waals surface area contributed by atoms with Gasteiger partial charge in [-0.1, -0.05) is 29.8 Å². The summed E-state index contributed by atoms with van der Waals surface area (Å²) in [6, 6.07) is 6.34. The molecule has 18 heavy (non-hydrogen) atoms. The largest absolute Gasteiger partial charge is 0.480 e. The van der Waals surface area contributed by atoms with Crippen molar-refractivity contribution in [2.45, 2.75) is 18.3 Å². The molecule has 1 aromatic rings. The lowest BCUT2D eigenvalue weighted by atomic mass is 10.1. The van der Waals surface area contributed by atoms with Gasteiger partial charge in [-0.25, -0.2) is 4.79 Å². The first-order valence-corrected chi connectivity index (χ1v) is 6.85. The lowest BCUT2D eigenvalue weighted by Crippen LogP contribution is -2.41. The molecule has 0 aromatic heterocycles. The summed E-state index contributed by atoms with van der Waals surface area (Å²) in [5.74, 6) is -0.893. The molecular weight excluding hydrogens is 274 g/mol. The van der Waals surface area contributed by atoms with Gasteiger partial charge in [-0.3, -0.25) is 4.79 Å². The maximum absolute atomic E-state index is 11.8. The van der Waals surface area contributed by atoms with Gasteiger partial charge < -0.3 is 10.0 Å². The van der Waals surface area contributed by atoms with Crippen molar-refractivity contribution >= 4 is 35.2 Å². The molecular formula is C12H12ClNO3S. The van der Waals surface area contributed by atoms with Gasteiger partial charge in [0, 0.05) is 10.6 Å². The number of thioether (sulfide) groups is 1. The molecule has 0 radical (unpaired) electrons. The van der Waals surface area contributed by atoms with Crippen molar-refractivity contribution in [2.24, 2.45) is 0 Å². The molecule has 0 bridgehead atoms. The molecule has 1 fully saturated rings. The van der Waals surface area contributed by atoms with Gasteiger partial charge >= 0.3 is 5.97 Å². The molecule has 1 aliphatic heterocycles. The number of amides is 1. The van der Waals surface area contributed by atoms with Crippen molar-refractivity contribution in [3.05, 3.63) is 34.9 Å². The fourth-order valence-corrected chi connectivity index (χ4v) is 3.49.